The molecular weight excluding hydrogens is 324 g/mol. The van der Waals surface area contributed by atoms with Crippen molar-refractivity contribution in [1.82, 2.24) is 5.32 Å². The van der Waals surface area contributed by atoms with E-state index in [0.29, 0.717) is 23.6 Å². The number of nitrogens with zero attached hydrogens (tertiary/aromatic N) is 1. The largest absolute Gasteiger partial charge is 0.347 e. The highest BCUT2D eigenvalue weighted by atomic mass is 35.5. The van der Waals surface area contributed by atoms with Gasteiger partial charge in [-0.3, -0.25) is 9.59 Å². The van der Waals surface area contributed by atoms with E-state index in [-0.39, 0.29) is 17.9 Å². The topological polar surface area (TPSA) is 49.4 Å². The predicted octanol–water partition coefficient (Wildman–Crippen LogP) is 3.49. The van der Waals surface area contributed by atoms with Gasteiger partial charge in [0, 0.05) is 29.2 Å². The van der Waals surface area contributed by atoms with Gasteiger partial charge in [0.05, 0.1) is 6.04 Å². The molecule has 1 fully saturated rings. The molecule has 124 valence electrons. The van der Waals surface area contributed by atoms with Crippen LogP contribution in [0.5, 0.6) is 0 Å². The lowest BCUT2D eigenvalue weighted by Gasteiger charge is -2.18. The fourth-order valence-electron chi connectivity index (χ4n) is 2.85. The number of hydrogen-bond donors (Lipinski definition) is 1. The molecule has 2 aromatic rings. The molecule has 0 radical (unpaired) electrons. The van der Waals surface area contributed by atoms with Crippen molar-refractivity contribution in [1.29, 1.82) is 0 Å². The molecule has 1 aliphatic rings. The van der Waals surface area contributed by atoms with Crippen molar-refractivity contribution < 1.29 is 9.59 Å². The van der Waals surface area contributed by atoms with Crippen LogP contribution in [-0.4, -0.2) is 24.4 Å². The molecular formula is C19H19ClN2O2. The first kappa shape index (κ1) is 16.5. The van der Waals surface area contributed by atoms with Crippen LogP contribution in [0.15, 0.2) is 42.5 Å². The highest BCUT2D eigenvalue weighted by molar-refractivity contribution is 6.30. The van der Waals surface area contributed by atoms with E-state index in [4.69, 9.17) is 11.6 Å². The van der Waals surface area contributed by atoms with Crippen LogP contribution in [-0.2, 0) is 4.79 Å². The van der Waals surface area contributed by atoms with Crippen molar-refractivity contribution in [2.24, 2.45) is 0 Å². The van der Waals surface area contributed by atoms with Crippen LogP contribution in [0.4, 0.5) is 5.69 Å². The van der Waals surface area contributed by atoms with Crippen LogP contribution >= 0.6 is 11.6 Å². The van der Waals surface area contributed by atoms with Crippen molar-refractivity contribution in [2.75, 3.05) is 11.4 Å². The third kappa shape index (κ3) is 3.44. The van der Waals surface area contributed by atoms with Gasteiger partial charge in [-0.15, -0.1) is 0 Å². The van der Waals surface area contributed by atoms with Gasteiger partial charge in [-0.25, -0.2) is 0 Å². The first-order valence-corrected chi connectivity index (χ1v) is 8.26. The minimum Gasteiger partial charge on any atom is -0.347 e. The molecule has 1 aliphatic heterocycles. The van der Waals surface area contributed by atoms with Crippen LogP contribution in [0.2, 0.25) is 5.02 Å². The SMILES string of the molecule is Cc1ccc(N2C[C@@H](NC(=O)c3cccc(Cl)c3)CC2=O)cc1C. The summed E-state index contributed by atoms with van der Waals surface area (Å²) in [5, 5.41) is 3.43. The zero-order chi connectivity index (χ0) is 17.3. The Hall–Kier alpha value is -2.33. The Bertz CT molecular complexity index is 804. The van der Waals surface area contributed by atoms with Crippen LogP contribution in [0, 0.1) is 13.8 Å². The number of amides is 2. The summed E-state index contributed by atoms with van der Waals surface area (Å²) >= 11 is 5.92. The van der Waals surface area contributed by atoms with Crippen LogP contribution in [0.1, 0.15) is 27.9 Å². The molecule has 0 unspecified atom stereocenters. The van der Waals surface area contributed by atoms with Crippen molar-refractivity contribution in [2.45, 2.75) is 26.3 Å². The standard InChI is InChI=1S/C19H19ClN2O2/c1-12-6-7-17(8-13(12)2)22-11-16(10-18(22)23)21-19(24)14-4-3-5-15(20)9-14/h3-9,16H,10-11H2,1-2H3,(H,21,24)/t16-/m0/s1. The summed E-state index contributed by atoms with van der Waals surface area (Å²) in [5.41, 5.74) is 3.71. The van der Waals surface area contributed by atoms with Crippen molar-refractivity contribution in [3.63, 3.8) is 0 Å². The molecule has 1 N–H and O–H groups in total. The molecule has 1 heterocycles. The van der Waals surface area contributed by atoms with E-state index < -0.39 is 0 Å². The monoisotopic (exact) mass is 342 g/mol. The number of rotatable bonds is 3. The number of hydrogen-bond acceptors (Lipinski definition) is 2. The molecule has 0 bridgehead atoms. The van der Waals surface area contributed by atoms with Gasteiger partial charge in [0.15, 0.2) is 0 Å². The highest BCUT2D eigenvalue weighted by Crippen LogP contribution is 2.24. The number of nitrogens with one attached hydrogen (secondary N) is 1. The van der Waals surface area contributed by atoms with Gasteiger partial charge in [-0.05, 0) is 55.3 Å². The number of aryl methyl sites for hydroxylation is 2. The van der Waals surface area contributed by atoms with E-state index in [1.807, 2.05) is 32.0 Å². The summed E-state index contributed by atoms with van der Waals surface area (Å²) in [5.74, 6) is -0.188. The molecule has 0 spiro atoms. The first-order chi connectivity index (χ1) is 11.4. The normalized spacial score (nSPS) is 17.2. The van der Waals surface area contributed by atoms with E-state index in [9.17, 15) is 9.59 Å². The minimum absolute atomic E-state index is 0.0228. The van der Waals surface area contributed by atoms with Crippen molar-refractivity contribution >= 4 is 29.1 Å². The molecule has 2 aromatic carbocycles. The molecule has 5 heteroatoms. The van der Waals surface area contributed by atoms with Gasteiger partial charge < -0.3 is 10.2 Å². The van der Waals surface area contributed by atoms with E-state index in [2.05, 4.69) is 5.32 Å². The van der Waals surface area contributed by atoms with Crippen LogP contribution < -0.4 is 10.2 Å². The number of carbonyl (C=O) groups is 2. The Kier molecular flexibility index (Phi) is 4.58. The third-order valence-corrected chi connectivity index (χ3v) is 4.58. The molecule has 0 aromatic heterocycles. The third-order valence-electron chi connectivity index (χ3n) is 4.35. The van der Waals surface area contributed by atoms with Crippen molar-refractivity contribution in [3.05, 3.63) is 64.2 Å². The second-order valence-corrected chi connectivity index (χ2v) is 6.59. The quantitative estimate of drug-likeness (QED) is 0.928. The van der Waals surface area contributed by atoms with Gasteiger partial charge in [-0.2, -0.15) is 0 Å². The Balaban J connectivity index is 1.70. The smallest absolute Gasteiger partial charge is 0.251 e. The first-order valence-electron chi connectivity index (χ1n) is 7.88. The number of carbonyl (C=O) groups excluding carboxylic acids is 2. The fourth-order valence-corrected chi connectivity index (χ4v) is 3.04. The maximum absolute atomic E-state index is 12.3. The van der Waals surface area contributed by atoms with Gasteiger partial charge in [0.1, 0.15) is 0 Å². The van der Waals surface area contributed by atoms with Gasteiger partial charge in [0.2, 0.25) is 5.91 Å². The Morgan fingerprint density at radius 3 is 2.67 bits per heavy atom. The Morgan fingerprint density at radius 1 is 1.17 bits per heavy atom. The van der Waals surface area contributed by atoms with E-state index >= 15 is 0 Å². The Labute approximate surface area is 146 Å². The molecule has 1 atom stereocenters. The lowest BCUT2D eigenvalue weighted by atomic mass is 10.1. The average Bonchev–Trinajstić information content (AvgIpc) is 2.90. The predicted molar refractivity (Wildman–Crippen MR) is 95.6 cm³/mol. The maximum atomic E-state index is 12.3. The summed E-state index contributed by atoms with van der Waals surface area (Å²) in [6.07, 6.45) is 0.305. The summed E-state index contributed by atoms with van der Waals surface area (Å²) in [6.45, 7) is 4.55. The van der Waals surface area contributed by atoms with E-state index in [1.54, 1.807) is 29.2 Å². The lowest BCUT2D eigenvalue weighted by Crippen LogP contribution is -2.37. The zero-order valence-corrected chi connectivity index (χ0v) is 14.4. The molecule has 1 saturated heterocycles. The lowest BCUT2D eigenvalue weighted by molar-refractivity contribution is -0.117. The Morgan fingerprint density at radius 2 is 1.96 bits per heavy atom. The van der Waals surface area contributed by atoms with Crippen LogP contribution in [0.25, 0.3) is 0 Å². The number of benzene rings is 2. The molecule has 4 nitrogen and oxygen atoms in total. The summed E-state index contributed by atoms with van der Waals surface area (Å²) in [7, 11) is 0. The minimum atomic E-state index is -0.211. The number of anilines is 1. The van der Waals surface area contributed by atoms with Gasteiger partial charge in [-0.1, -0.05) is 23.7 Å². The van der Waals surface area contributed by atoms with Crippen molar-refractivity contribution in [3.8, 4) is 0 Å². The summed E-state index contributed by atoms with van der Waals surface area (Å²) in [6, 6.07) is 12.5. The zero-order valence-electron chi connectivity index (χ0n) is 13.7. The second-order valence-electron chi connectivity index (χ2n) is 6.16. The highest BCUT2D eigenvalue weighted by Gasteiger charge is 2.31. The summed E-state index contributed by atoms with van der Waals surface area (Å²) < 4.78 is 0. The second kappa shape index (κ2) is 6.65. The average molecular weight is 343 g/mol. The molecule has 2 amide bonds. The number of halogens is 1. The molecule has 0 aliphatic carbocycles. The van der Waals surface area contributed by atoms with Crippen LogP contribution in [0.3, 0.4) is 0 Å². The summed E-state index contributed by atoms with van der Waals surface area (Å²) in [4.78, 5) is 26.3. The maximum Gasteiger partial charge on any atom is 0.251 e. The molecule has 3 rings (SSSR count). The fraction of sp³-hybridized carbons (Fsp3) is 0.263. The van der Waals surface area contributed by atoms with Gasteiger partial charge >= 0.3 is 0 Å². The van der Waals surface area contributed by atoms with E-state index in [0.717, 1.165) is 11.3 Å². The van der Waals surface area contributed by atoms with Gasteiger partial charge in [0.25, 0.3) is 5.91 Å². The molecule has 0 saturated carbocycles. The molecule has 24 heavy (non-hydrogen) atoms. The van der Waals surface area contributed by atoms with E-state index in [1.165, 1.54) is 5.56 Å².